The van der Waals surface area contributed by atoms with E-state index in [2.05, 4.69) is 15.9 Å². The maximum Gasteiger partial charge on any atom is 0.339 e. The van der Waals surface area contributed by atoms with Crippen LogP contribution in [0.1, 0.15) is 10.4 Å². The summed E-state index contributed by atoms with van der Waals surface area (Å²) in [6.45, 7) is 1.08. The zero-order valence-corrected chi connectivity index (χ0v) is 15.5. The van der Waals surface area contributed by atoms with Crippen molar-refractivity contribution in [3.8, 4) is 28.4 Å². The highest BCUT2D eigenvalue weighted by molar-refractivity contribution is 9.10. The minimum absolute atomic E-state index is 0.117. The van der Waals surface area contributed by atoms with Gasteiger partial charge in [-0.3, -0.25) is 0 Å². The Labute approximate surface area is 158 Å². The van der Waals surface area contributed by atoms with E-state index in [1.165, 1.54) is 7.11 Å². The summed E-state index contributed by atoms with van der Waals surface area (Å²) in [5.41, 5.74) is 2.05. The molecule has 1 aliphatic rings. The third-order valence-electron chi connectivity index (χ3n) is 4.34. The van der Waals surface area contributed by atoms with Gasteiger partial charge in [0, 0.05) is 0 Å². The second-order valence-electron chi connectivity index (χ2n) is 5.87. The topological polar surface area (TPSA) is 65.0 Å². The van der Waals surface area contributed by atoms with Crippen LogP contribution in [-0.4, -0.2) is 31.4 Å². The fourth-order valence-electron chi connectivity index (χ4n) is 3.10. The summed E-state index contributed by atoms with van der Waals surface area (Å²) in [5.74, 6) is 0.740. The number of fused-ring (bicyclic) bond motifs is 2. The lowest BCUT2D eigenvalue weighted by Crippen LogP contribution is -2.15. The van der Waals surface area contributed by atoms with Gasteiger partial charge in [-0.2, -0.15) is 0 Å². The Morgan fingerprint density at radius 2 is 1.73 bits per heavy atom. The number of methoxy groups -OCH3 is 1. The van der Waals surface area contributed by atoms with Crippen LogP contribution in [0.5, 0.6) is 17.2 Å². The first-order valence-corrected chi connectivity index (χ1v) is 8.81. The highest BCUT2D eigenvalue weighted by atomic mass is 79.9. The van der Waals surface area contributed by atoms with Crippen molar-refractivity contribution in [2.75, 3.05) is 20.3 Å². The first-order chi connectivity index (χ1) is 12.6. The standard InChI is InChI=1S/C20H15BrO5/c1-24-19-15(20(22)23)9-13-8-11(2-4-14(13)18(19)21)12-3-5-16-17(10-12)26-7-6-25-16/h2-5,8-10H,6-7H2,1H3,(H,22,23). The van der Waals surface area contributed by atoms with E-state index < -0.39 is 5.97 Å². The van der Waals surface area contributed by atoms with Gasteiger partial charge in [-0.05, 0) is 62.1 Å². The van der Waals surface area contributed by atoms with Crippen LogP contribution in [0.15, 0.2) is 46.9 Å². The Hall–Kier alpha value is -2.73. The molecule has 0 radical (unpaired) electrons. The minimum Gasteiger partial charge on any atom is -0.495 e. The van der Waals surface area contributed by atoms with Crippen LogP contribution >= 0.6 is 15.9 Å². The predicted octanol–water partition coefficient (Wildman–Crippen LogP) is 4.75. The maximum absolute atomic E-state index is 11.6. The summed E-state index contributed by atoms with van der Waals surface area (Å²) >= 11 is 3.47. The zero-order valence-electron chi connectivity index (χ0n) is 13.9. The summed E-state index contributed by atoms with van der Waals surface area (Å²) in [7, 11) is 1.46. The third kappa shape index (κ3) is 2.76. The van der Waals surface area contributed by atoms with Gasteiger partial charge in [-0.25, -0.2) is 4.79 Å². The molecule has 132 valence electrons. The summed E-state index contributed by atoms with van der Waals surface area (Å²) in [6.07, 6.45) is 0. The molecule has 0 amide bonds. The van der Waals surface area contributed by atoms with E-state index in [1.54, 1.807) is 6.07 Å². The Morgan fingerprint density at radius 3 is 2.46 bits per heavy atom. The van der Waals surface area contributed by atoms with Crippen molar-refractivity contribution in [2.45, 2.75) is 0 Å². The van der Waals surface area contributed by atoms with Crippen molar-refractivity contribution in [1.82, 2.24) is 0 Å². The molecule has 5 nitrogen and oxygen atoms in total. The van der Waals surface area contributed by atoms with Gasteiger partial charge in [0.2, 0.25) is 0 Å². The molecule has 0 atom stereocenters. The number of halogens is 1. The number of rotatable bonds is 3. The van der Waals surface area contributed by atoms with E-state index in [0.717, 1.165) is 33.4 Å². The predicted molar refractivity (Wildman–Crippen MR) is 102 cm³/mol. The van der Waals surface area contributed by atoms with Crippen LogP contribution in [0, 0.1) is 0 Å². The van der Waals surface area contributed by atoms with E-state index in [0.29, 0.717) is 23.4 Å². The normalized spacial score (nSPS) is 12.8. The number of carbonyl (C=O) groups is 1. The first kappa shape index (κ1) is 16.7. The summed E-state index contributed by atoms with van der Waals surface area (Å²) in [5, 5.41) is 11.2. The molecule has 1 heterocycles. The van der Waals surface area contributed by atoms with Gasteiger partial charge >= 0.3 is 5.97 Å². The molecule has 0 unspecified atom stereocenters. The highest BCUT2D eigenvalue weighted by Gasteiger charge is 2.18. The molecule has 0 saturated heterocycles. The van der Waals surface area contributed by atoms with Crippen molar-refractivity contribution >= 4 is 32.7 Å². The second kappa shape index (κ2) is 6.53. The zero-order chi connectivity index (χ0) is 18.3. The summed E-state index contributed by atoms with van der Waals surface area (Å²) in [6, 6.07) is 13.3. The molecule has 4 rings (SSSR count). The molecule has 6 heteroatoms. The number of benzene rings is 3. The van der Waals surface area contributed by atoms with E-state index in [9.17, 15) is 9.90 Å². The van der Waals surface area contributed by atoms with Gasteiger partial charge in [-0.1, -0.05) is 18.2 Å². The number of ether oxygens (including phenoxy) is 3. The van der Waals surface area contributed by atoms with Gasteiger partial charge < -0.3 is 19.3 Å². The molecule has 0 spiro atoms. The fourth-order valence-corrected chi connectivity index (χ4v) is 3.84. The number of carboxylic acid groups (broad SMARTS) is 1. The SMILES string of the molecule is COc1c(C(=O)O)cc2cc(-c3ccc4c(c3)OCCO4)ccc2c1Br. The average molecular weight is 415 g/mol. The molecule has 0 bridgehead atoms. The quantitative estimate of drug-likeness (QED) is 0.669. The molecule has 1 aliphatic heterocycles. The third-order valence-corrected chi connectivity index (χ3v) is 5.13. The monoisotopic (exact) mass is 414 g/mol. The smallest absolute Gasteiger partial charge is 0.339 e. The first-order valence-electron chi connectivity index (χ1n) is 8.02. The molecular weight excluding hydrogens is 400 g/mol. The number of aromatic carboxylic acids is 1. The van der Waals surface area contributed by atoms with E-state index in [4.69, 9.17) is 14.2 Å². The van der Waals surface area contributed by atoms with Gasteiger partial charge in [-0.15, -0.1) is 0 Å². The summed E-state index contributed by atoms with van der Waals surface area (Å²) < 4.78 is 17.1. The maximum atomic E-state index is 11.6. The van der Waals surface area contributed by atoms with Crippen LogP contribution in [0.3, 0.4) is 0 Å². The largest absolute Gasteiger partial charge is 0.495 e. The lowest BCUT2D eigenvalue weighted by Gasteiger charge is -2.19. The molecule has 0 aromatic heterocycles. The van der Waals surface area contributed by atoms with Crippen molar-refractivity contribution in [3.05, 3.63) is 52.5 Å². The molecule has 3 aromatic carbocycles. The number of hydrogen-bond acceptors (Lipinski definition) is 4. The van der Waals surface area contributed by atoms with Crippen LogP contribution in [0.2, 0.25) is 0 Å². The second-order valence-corrected chi connectivity index (χ2v) is 6.66. The van der Waals surface area contributed by atoms with E-state index >= 15 is 0 Å². The molecule has 0 fully saturated rings. The van der Waals surface area contributed by atoms with Gasteiger partial charge in [0.1, 0.15) is 24.5 Å². The van der Waals surface area contributed by atoms with Gasteiger partial charge in [0.25, 0.3) is 0 Å². The van der Waals surface area contributed by atoms with Crippen molar-refractivity contribution in [3.63, 3.8) is 0 Å². The Kier molecular flexibility index (Phi) is 4.20. The van der Waals surface area contributed by atoms with Crippen LogP contribution in [-0.2, 0) is 0 Å². The Balaban J connectivity index is 1.86. The highest BCUT2D eigenvalue weighted by Crippen LogP contribution is 2.39. The lowest BCUT2D eigenvalue weighted by molar-refractivity contribution is 0.0693. The van der Waals surface area contributed by atoms with E-state index in [-0.39, 0.29) is 5.56 Å². The van der Waals surface area contributed by atoms with Gasteiger partial charge in [0.05, 0.1) is 11.6 Å². The Bertz CT molecular complexity index is 1030. The van der Waals surface area contributed by atoms with Crippen molar-refractivity contribution in [2.24, 2.45) is 0 Å². The van der Waals surface area contributed by atoms with Crippen LogP contribution in [0.25, 0.3) is 21.9 Å². The van der Waals surface area contributed by atoms with Crippen molar-refractivity contribution < 1.29 is 24.1 Å². The van der Waals surface area contributed by atoms with Gasteiger partial charge in [0.15, 0.2) is 11.5 Å². The molecule has 3 aromatic rings. The van der Waals surface area contributed by atoms with Crippen LogP contribution < -0.4 is 14.2 Å². The van der Waals surface area contributed by atoms with Crippen LogP contribution in [0.4, 0.5) is 0 Å². The Morgan fingerprint density at radius 1 is 1.04 bits per heavy atom. The lowest BCUT2D eigenvalue weighted by atomic mass is 9.99. The van der Waals surface area contributed by atoms with Crippen molar-refractivity contribution in [1.29, 1.82) is 0 Å². The van der Waals surface area contributed by atoms with E-state index in [1.807, 2.05) is 36.4 Å². The fraction of sp³-hybridized carbons (Fsp3) is 0.150. The molecule has 26 heavy (non-hydrogen) atoms. The number of hydrogen-bond donors (Lipinski definition) is 1. The molecule has 0 saturated carbocycles. The number of carboxylic acids is 1. The molecular formula is C20H15BrO5. The average Bonchev–Trinajstić information content (AvgIpc) is 2.67. The molecule has 0 aliphatic carbocycles. The minimum atomic E-state index is -1.03. The molecule has 1 N–H and O–H groups in total. The summed E-state index contributed by atoms with van der Waals surface area (Å²) in [4.78, 5) is 11.6.